The summed E-state index contributed by atoms with van der Waals surface area (Å²) in [5.74, 6) is 0.874. The molecule has 0 aliphatic rings. The maximum atomic E-state index is 5.16. The lowest BCUT2D eigenvalue weighted by molar-refractivity contribution is -0.670. The minimum Gasteiger partial charge on any atom is -0.497 e. The molecule has 14 heavy (non-hydrogen) atoms. The Kier molecular flexibility index (Phi) is 2.23. The molecule has 0 spiro atoms. The number of benzene rings is 1. The lowest BCUT2D eigenvalue weighted by Gasteiger charge is -2.00. The standard InChI is InChI=1S/C11H13N2O/c1-12-6-7-13(9-12)10-4-3-5-11(8-10)14-2/h3-9H,1-2H3/q+1. The topological polar surface area (TPSA) is 18.0 Å². The summed E-state index contributed by atoms with van der Waals surface area (Å²) in [5.41, 5.74) is 1.10. The molecule has 0 amide bonds. The number of hydrogen-bond donors (Lipinski definition) is 0. The van der Waals surface area contributed by atoms with Crippen molar-refractivity contribution in [1.82, 2.24) is 4.57 Å². The first kappa shape index (κ1) is 8.81. The normalized spacial score (nSPS) is 10.1. The van der Waals surface area contributed by atoms with Gasteiger partial charge >= 0.3 is 0 Å². The zero-order valence-electron chi connectivity index (χ0n) is 8.34. The smallest absolute Gasteiger partial charge is 0.248 e. The highest BCUT2D eigenvalue weighted by atomic mass is 16.5. The van der Waals surface area contributed by atoms with Gasteiger partial charge < -0.3 is 4.74 Å². The first-order chi connectivity index (χ1) is 6.79. The number of nitrogens with zero attached hydrogens (tertiary/aromatic N) is 2. The number of aryl methyl sites for hydroxylation is 1. The number of aromatic nitrogens is 2. The second-order valence-electron chi connectivity index (χ2n) is 3.19. The van der Waals surface area contributed by atoms with Gasteiger partial charge in [-0.3, -0.25) is 0 Å². The Labute approximate surface area is 83.2 Å². The molecule has 3 nitrogen and oxygen atoms in total. The van der Waals surface area contributed by atoms with Gasteiger partial charge in [-0.2, -0.15) is 0 Å². The molecule has 0 fully saturated rings. The maximum Gasteiger partial charge on any atom is 0.248 e. The van der Waals surface area contributed by atoms with Crippen LogP contribution in [0.2, 0.25) is 0 Å². The van der Waals surface area contributed by atoms with Crippen LogP contribution >= 0.6 is 0 Å². The van der Waals surface area contributed by atoms with Crippen LogP contribution in [0.1, 0.15) is 0 Å². The average Bonchev–Trinajstić information content (AvgIpc) is 2.65. The number of ether oxygens (including phenoxy) is 1. The predicted molar refractivity (Wildman–Crippen MR) is 53.5 cm³/mol. The van der Waals surface area contributed by atoms with Gasteiger partial charge in [0.15, 0.2) is 0 Å². The Morgan fingerprint density at radius 2 is 2.21 bits per heavy atom. The molecule has 0 aliphatic carbocycles. The second kappa shape index (κ2) is 3.54. The molecule has 0 atom stereocenters. The number of hydrogen-bond acceptors (Lipinski definition) is 1. The van der Waals surface area contributed by atoms with E-state index in [-0.39, 0.29) is 0 Å². The van der Waals surface area contributed by atoms with Crippen molar-refractivity contribution in [1.29, 1.82) is 0 Å². The monoisotopic (exact) mass is 189 g/mol. The van der Waals surface area contributed by atoms with Crippen molar-refractivity contribution < 1.29 is 9.30 Å². The summed E-state index contributed by atoms with van der Waals surface area (Å²) in [4.78, 5) is 0. The summed E-state index contributed by atoms with van der Waals surface area (Å²) in [6.07, 6.45) is 6.02. The van der Waals surface area contributed by atoms with E-state index in [1.807, 2.05) is 59.2 Å². The van der Waals surface area contributed by atoms with E-state index in [0.717, 1.165) is 11.4 Å². The van der Waals surface area contributed by atoms with E-state index in [1.54, 1.807) is 7.11 Å². The van der Waals surface area contributed by atoms with Gasteiger partial charge in [-0.1, -0.05) is 6.07 Å². The van der Waals surface area contributed by atoms with Crippen LogP contribution in [0.3, 0.4) is 0 Å². The van der Waals surface area contributed by atoms with Crippen molar-refractivity contribution in [3.05, 3.63) is 43.0 Å². The number of rotatable bonds is 2. The van der Waals surface area contributed by atoms with Crippen LogP contribution < -0.4 is 9.30 Å². The molecule has 1 aromatic carbocycles. The molecule has 0 radical (unpaired) electrons. The zero-order chi connectivity index (χ0) is 9.97. The van der Waals surface area contributed by atoms with Crippen LogP contribution in [0, 0.1) is 0 Å². The lowest BCUT2D eigenvalue weighted by Crippen LogP contribution is -2.23. The molecule has 0 bridgehead atoms. The molecular formula is C11H13N2O+. The van der Waals surface area contributed by atoms with Crippen LogP contribution in [0.15, 0.2) is 43.0 Å². The van der Waals surface area contributed by atoms with Crippen LogP contribution in [0.25, 0.3) is 5.69 Å². The zero-order valence-corrected chi connectivity index (χ0v) is 8.34. The van der Waals surface area contributed by atoms with Gasteiger partial charge in [0.05, 0.1) is 14.2 Å². The fourth-order valence-corrected chi connectivity index (χ4v) is 1.37. The van der Waals surface area contributed by atoms with E-state index in [2.05, 4.69) is 0 Å². The van der Waals surface area contributed by atoms with Gasteiger partial charge in [-0.05, 0) is 12.1 Å². The van der Waals surface area contributed by atoms with E-state index < -0.39 is 0 Å². The van der Waals surface area contributed by atoms with Gasteiger partial charge in [-0.25, -0.2) is 9.13 Å². The van der Waals surface area contributed by atoms with Crippen molar-refractivity contribution in [2.75, 3.05) is 7.11 Å². The molecule has 0 unspecified atom stereocenters. The minimum absolute atomic E-state index is 0.874. The molecule has 0 aliphatic heterocycles. The van der Waals surface area contributed by atoms with Crippen molar-refractivity contribution in [2.45, 2.75) is 0 Å². The van der Waals surface area contributed by atoms with Gasteiger partial charge in [0.25, 0.3) is 0 Å². The van der Waals surface area contributed by atoms with Crippen LogP contribution in [0.5, 0.6) is 5.75 Å². The highest BCUT2D eigenvalue weighted by molar-refractivity contribution is 5.38. The van der Waals surface area contributed by atoms with Crippen LogP contribution in [0.4, 0.5) is 0 Å². The minimum atomic E-state index is 0.874. The molecule has 72 valence electrons. The Hall–Kier alpha value is -1.77. The van der Waals surface area contributed by atoms with E-state index >= 15 is 0 Å². The van der Waals surface area contributed by atoms with Crippen LogP contribution in [-0.4, -0.2) is 11.7 Å². The average molecular weight is 189 g/mol. The first-order valence-electron chi connectivity index (χ1n) is 4.47. The third kappa shape index (κ3) is 1.62. The number of imidazole rings is 1. The summed E-state index contributed by atoms with van der Waals surface area (Å²) in [5, 5.41) is 0. The maximum absolute atomic E-state index is 5.16. The third-order valence-electron chi connectivity index (χ3n) is 2.12. The second-order valence-corrected chi connectivity index (χ2v) is 3.19. The van der Waals surface area contributed by atoms with Gasteiger partial charge in [0.2, 0.25) is 6.33 Å². The summed E-state index contributed by atoms with van der Waals surface area (Å²) >= 11 is 0. The highest BCUT2D eigenvalue weighted by Crippen LogP contribution is 2.15. The summed E-state index contributed by atoms with van der Waals surface area (Å²) in [7, 11) is 3.67. The molecule has 1 aromatic heterocycles. The summed E-state index contributed by atoms with van der Waals surface area (Å²) < 4.78 is 9.21. The number of methoxy groups -OCH3 is 1. The van der Waals surface area contributed by atoms with Crippen molar-refractivity contribution in [2.24, 2.45) is 7.05 Å². The molecule has 2 aromatic rings. The van der Waals surface area contributed by atoms with E-state index in [4.69, 9.17) is 4.74 Å². The molecule has 0 saturated carbocycles. The van der Waals surface area contributed by atoms with Gasteiger partial charge in [-0.15, -0.1) is 0 Å². The predicted octanol–water partition coefficient (Wildman–Crippen LogP) is 1.31. The Bertz CT molecular complexity index is 434. The first-order valence-corrected chi connectivity index (χ1v) is 4.47. The highest BCUT2D eigenvalue weighted by Gasteiger charge is 2.04. The fourth-order valence-electron chi connectivity index (χ4n) is 1.37. The molecule has 2 rings (SSSR count). The van der Waals surface area contributed by atoms with Gasteiger partial charge in [0, 0.05) is 6.07 Å². The Morgan fingerprint density at radius 3 is 2.86 bits per heavy atom. The van der Waals surface area contributed by atoms with Gasteiger partial charge in [0.1, 0.15) is 23.8 Å². The van der Waals surface area contributed by atoms with Crippen LogP contribution in [-0.2, 0) is 7.05 Å². The molecule has 1 heterocycles. The fraction of sp³-hybridized carbons (Fsp3) is 0.182. The molecule has 3 heteroatoms. The Morgan fingerprint density at radius 1 is 1.36 bits per heavy atom. The molecule has 0 saturated heterocycles. The third-order valence-corrected chi connectivity index (χ3v) is 2.12. The molecule has 0 N–H and O–H groups in total. The Balaban J connectivity index is 2.41. The molecular weight excluding hydrogens is 176 g/mol. The quantitative estimate of drug-likeness (QED) is 0.651. The largest absolute Gasteiger partial charge is 0.497 e. The summed E-state index contributed by atoms with van der Waals surface area (Å²) in [6, 6.07) is 7.96. The van der Waals surface area contributed by atoms with E-state index in [1.165, 1.54) is 0 Å². The van der Waals surface area contributed by atoms with E-state index in [9.17, 15) is 0 Å². The summed E-state index contributed by atoms with van der Waals surface area (Å²) in [6.45, 7) is 0. The lowest BCUT2D eigenvalue weighted by atomic mass is 10.3. The SMILES string of the molecule is COc1cccc(-n2cc[n+](C)c2)c1. The van der Waals surface area contributed by atoms with Crippen molar-refractivity contribution in [3.63, 3.8) is 0 Å². The van der Waals surface area contributed by atoms with Crippen molar-refractivity contribution in [3.8, 4) is 11.4 Å². The van der Waals surface area contributed by atoms with Crippen molar-refractivity contribution >= 4 is 0 Å². The van der Waals surface area contributed by atoms with E-state index in [0.29, 0.717) is 0 Å².